The van der Waals surface area contributed by atoms with Crippen molar-refractivity contribution >= 4 is 60.8 Å². The van der Waals surface area contributed by atoms with Gasteiger partial charge in [-0.15, -0.1) is 0 Å². The van der Waals surface area contributed by atoms with E-state index in [9.17, 15) is 0 Å². The molecule has 14 aromatic rings. The highest BCUT2D eigenvalue weighted by atomic mass is 16.3. The van der Waals surface area contributed by atoms with Crippen molar-refractivity contribution in [2.75, 3.05) is 4.90 Å². The summed E-state index contributed by atoms with van der Waals surface area (Å²) < 4.78 is 8.99. The lowest BCUT2D eigenvalue weighted by atomic mass is 9.92. The number of furan rings is 1. The van der Waals surface area contributed by atoms with Gasteiger partial charge < -0.3 is 13.9 Å². The first-order valence-corrected chi connectivity index (χ1v) is 25.7. The average molecular weight is 957 g/mol. The van der Waals surface area contributed by atoms with Crippen molar-refractivity contribution in [2.45, 2.75) is 0 Å². The Morgan fingerprint density at radius 2 is 0.720 bits per heavy atom. The summed E-state index contributed by atoms with van der Waals surface area (Å²) in [5, 5.41) is 4.74. The molecule has 0 aliphatic carbocycles. The van der Waals surface area contributed by atoms with Crippen molar-refractivity contribution in [1.82, 2.24) is 4.57 Å². The van der Waals surface area contributed by atoms with E-state index in [-0.39, 0.29) is 0 Å². The van der Waals surface area contributed by atoms with E-state index in [0.717, 1.165) is 83.6 Å². The Labute approximate surface area is 436 Å². The Morgan fingerprint density at radius 3 is 1.39 bits per heavy atom. The van der Waals surface area contributed by atoms with Gasteiger partial charge in [0.15, 0.2) is 0 Å². The van der Waals surface area contributed by atoms with Gasteiger partial charge in [0.25, 0.3) is 0 Å². The van der Waals surface area contributed by atoms with Gasteiger partial charge in [0.05, 0.1) is 22.4 Å². The number of rotatable bonds is 10. The second kappa shape index (κ2) is 18.6. The number of anilines is 3. The molecule has 2 heterocycles. The van der Waals surface area contributed by atoms with E-state index in [1.807, 2.05) is 12.1 Å². The van der Waals surface area contributed by atoms with Crippen LogP contribution in [0.1, 0.15) is 0 Å². The molecule has 12 aromatic carbocycles. The van der Waals surface area contributed by atoms with Crippen molar-refractivity contribution in [3.8, 4) is 72.4 Å². The molecule has 0 atom stereocenters. The standard InChI is InChI=1S/C72H48N2O/c1-2-20-49(21-3-1)52-22-18-23-53(48-52)58-26-8-13-35-67(58)73(55-46-42-51(43-47-55)57-25-5-7-28-60(57)65-33-19-34-66-64-32-12-17-39-71(64)75-72(65)66)54-44-40-50(41-45-54)56-24-4-6-27-59(56)61-29-9-14-36-68(61)74-69-37-15-10-30-62(69)63-31-11-16-38-70(63)74/h1-48H. The van der Waals surface area contributed by atoms with Crippen LogP contribution in [0.4, 0.5) is 17.1 Å². The molecule has 0 bridgehead atoms. The van der Waals surface area contributed by atoms with Gasteiger partial charge in [0.2, 0.25) is 0 Å². The minimum atomic E-state index is 0.895. The number of hydrogen-bond donors (Lipinski definition) is 0. The highest BCUT2D eigenvalue weighted by Crippen LogP contribution is 2.46. The molecule has 2 aromatic heterocycles. The molecule has 0 fully saturated rings. The first-order valence-electron chi connectivity index (χ1n) is 25.7. The van der Waals surface area contributed by atoms with Crippen molar-refractivity contribution < 1.29 is 4.42 Å². The third kappa shape index (κ3) is 7.69. The van der Waals surface area contributed by atoms with Crippen LogP contribution in [0.5, 0.6) is 0 Å². The van der Waals surface area contributed by atoms with Gasteiger partial charge in [0, 0.05) is 49.6 Å². The van der Waals surface area contributed by atoms with Crippen LogP contribution < -0.4 is 4.90 Å². The zero-order valence-electron chi connectivity index (χ0n) is 41.0. The summed E-state index contributed by atoms with van der Waals surface area (Å²) >= 11 is 0. The number of aromatic nitrogens is 1. The van der Waals surface area contributed by atoms with Gasteiger partial charge >= 0.3 is 0 Å². The Morgan fingerprint density at radius 1 is 0.267 bits per heavy atom. The zero-order chi connectivity index (χ0) is 49.7. The maximum Gasteiger partial charge on any atom is 0.143 e. The first kappa shape index (κ1) is 43.8. The molecule has 0 N–H and O–H groups in total. The van der Waals surface area contributed by atoms with Crippen molar-refractivity contribution in [2.24, 2.45) is 0 Å². The minimum absolute atomic E-state index is 0.895. The molecule has 0 radical (unpaired) electrons. The van der Waals surface area contributed by atoms with Crippen LogP contribution in [0, 0.1) is 0 Å². The van der Waals surface area contributed by atoms with Crippen LogP contribution in [0.15, 0.2) is 296 Å². The summed E-state index contributed by atoms with van der Waals surface area (Å²) in [5.41, 5.74) is 22.3. The Bertz CT molecular complexity index is 4360. The largest absolute Gasteiger partial charge is 0.455 e. The summed E-state index contributed by atoms with van der Waals surface area (Å²) in [5.74, 6) is 0. The number of nitrogens with zero attached hydrogens (tertiary/aromatic N) is 2. The molecular formula is C72H48N2O. The fourth-order valence-electron chi connectivity index (χ4n) is 11.4. The topological polar surface area (TPSA) is 21.3 Å². The SMILES string of the molecule is c1ccc(-c2cccc(-c3ccccc3N(c3ccc(-c4ccccc4-c4ccccc4-n4c5ccccc5c5ccccc54)cc3)c3ccc(-c4ccccc4-c4cccc5c4oc4ccccc45)cc3)c2)cc1. The molecule has 0 amide bonds. The van der Waals surface area contributed by atoms with Crippen LogP contribution in [0.25, 0.3) is 116 Å². The lowest BCUT2D eigenvalue weighted by Crippen LogP contribution is -2.11. The van der Waals surface area contributed by atoms with Gasteiger partial charge in [-0.25, -0.2) is 0 Å². The molecule has 0 spiro atoms. The monoisotopic (exact) mass is 956 g/mol. The lowest BCUT2D eigenvalue weighted by molar-refractivity contribution is 0.670. The van der Waals surface area contributed by atoms with Crippen molar-refractivity contribution in [3.63, 3.8) is 0 Å². The molecular weight excluding hydrogens is 909 g/mol. The maximum atomic E-state index is 6.56. The highest BCUT2D eigenvalue weighted by Gasteiger charge is 2.22. The summed E-state index contributed by atoms with van der Waals surface area (Å²) in [4.78, 5) is 2.41. The van der Waals surface area contributed by atoms with Gasteiger partial charge in [-0.1, -0.05) is 231 Å². The molecule has 0 unspecified atom stereocenters. The zero-order valence-corrected chi connectivity index (χ0v) is 41.0. The van der Waals surface area contributed by atoms with Crippen LogP contribution in [-0.4, -0.2) is 4.57 Å². The normalized spacial score (nSPS) is 11.5. The van der Waals surface area contributed by atoms with E-state index >= 15 is 0 Å². The van der Waals surface area contributed by atoms with Gasteiger partial charge in [0.1, 0.15) is 11.2 Å². The lowest BCUT2D eigenvalue weighted by Gasteiger charge is -2.28. The smallest absolute Gasteiger partial charge is 0.143 e. The molecule has 0 aliphatic rings. The molecule has 352 valence electrons. The van der Waals surface area contributed by atoms with Gasteiger partial charge in [-0.3, -0.25) is 0 Å². The van der Waals surface area contributed by atoms with Crippen LogP contribution >= 0.6 is 0 Å². The van der Waals surface area contributed by atoms with E-state index in [1.165, 1.54) is 49.6 Å². The third-order valence-corrected chi connectivity index (χ3v) is 14.9. The van der Waals surface area contributed by atoms with E-state index in [1.54, 1.807) is 0 Å². The molecule has 3 nitrogen and oxygen atoms in total. The highest BCUT2D eigenvalue weighted by molar-refractivity contribution is 6.11. The number of hydrogen-bond acceptors (Lipinski definition) is 2. The van der Waals surface area contributed by atoms with Crippen LogP contribution in [0.2, 0.25) is 0 Å². The van der Waals surface area contributed by atoms with E-state index in [4.69, 9.17) is 4.42 Å². The quantitative estimate of drug-likeness (QED) is 0.136. The molecule has 14 rings (SSSR count). The van der Waals surface area contributed by atoms with E-state index in [2.05, 4.69) is 289 Å². The predicted octanol–water partition coefficient (Wildman–Crippen LogP) is 20.2. The van der Waals surface area contributed by atoms with Crippen LogP contribution in [0.3, 0.4) is 0 Å². The summed E-state index contributed by atoms with van der Waals surface area (Å²) in [6.45, 7) is 0. The fourth-order valence-corrected chi connectivity index (χ4v) is 11.4. The molecule has 0 saturated carbocycles. The molecule has 3 heteroatoms. The minimum Gasteiger partial charge on any atom is -0.455 e. The third-order valence-electron chi connectivity index (χ3n) is 14.9. The Hall–Kier alpha value is -9.96. The fraction of sp³-hybridized carbons (Fsp3) is 0. The summed E-state index contributed by atoms with van der Waals surface area (Å²) in [6, 6.07) is 105. The number of benzene rings is 12. The summed E-state index contributed by atoms with van der Waals surface area (Å²) in [7, 11) is 0. The summed E-state index contributed by atoms with van der Waals surface area (Å²) in [6.07, 6.45) is 0. The Balaban J connectivity index is 0.886. The average Bonchev–Trinajstić information content (AvgIpc) is 4.05. The second-order valence-corrected chi connectivity index (χ2v) is 19.2. The van der Waals surface area contributed by atoms with E-state index in [0.29, 0.717) is 0 Å². The predicted molar refractivity (Wildman–Crippen MR) is 315 cm³/mol. The van der Waals surface area contributed by atoms with E-state index < -0.39 is 0 Å². The second-order valence-electron chi connectivity index (χ2n) is 19.2. The molecule has 0 aliphatic heterocycles. The Kier molecular flexibility index (Phi) is 10.8. The van der Waals surface area contributed by atoms with Gasteiger partial charge in [-0.05, 0) is 111 Å². The van der Waals surface area contributed by atoms with Crippen molar-refractivity contribution in [1.29, 1.82) is 0 Å². The van der Waals surface area contributed by atoms with Crippen LogP contribution in [-0.2, 0) is 0 Å². The first-order chi connectivity index (χ1) is 37.2. The maximum absolute atomic E-state index is 6.56. The number of fused-ring (bicyclic) bond motifs is 6. The molecule has 75 heavy (non-hydrogen) atoms. The van der Waals surface area contributed by atoms with Gasteiger partial charge in [-0.2, -0.15) is 0 Å². The molecule has 0 saturated heterocycles. The van der Waals surface area contributed by atoms with Crippen molar-refractivity contribution in [3.05, 3.63) is 291 Å². The number of para-hydroxylation sites is 6.